The first-order valence-electron chi connectivity index (χ1n) is 6.77. The summed E-state index contributed by atoms with van der Waals surface area (Å²) in [5.74, 6) is 0.0229. The van der Waals surface area contributed by atoms with E-state index < -0.39 is 0 Å². The van der Waals surface area contributed by atoms with Crippen molar-refractivity contribution in [3.63, 3.8) is 0 Å². The summed E-state index contributed by atoms with van der Waals surface area (Å²) >= 11 is 0. The minimum absolute atomic E-state index is 0.0229. The molecule has 0 heterocycles. The van der Waals surface area contributed by atoms with Gasteiger partial charge in [-0.2, -0.15) is 0 Å². The zero-order valence-corrected chi connectivity index (χ0v) is 11.4. The Morgan fingerprint density at radius 1 is 1.24 bits per heavy atom. The van der Waals surface area contributed by atoms with Gasteiger partial charge < -0.3 is 4.90 Å². The second-order valence-corrected chi connectivity index (χ2v) is 4.78. The van der Waals surface area contributed by atoms with Gasteiger partial charge in [0.1, 0.15) is 0 Å². The summed E-state index contributed by atoms with van der Waals surface area (Å²) in [6, 6.07) is 7.74. The predicted molar refractivity (Wildman–Crippen MR) is 72.3 cm³/mol. The average molecular weight is 234 g/mol. The van der Waals surface area contributed by atoms with E-state index in [0.29, 0.717) is 5.56 Å². The summed E-state index contributed by atoms with van der Waals surface area (Å²) in [6.45, 7) is 9.87. The van der Waals surface area contributed by atoms with Gasteiger partial charge in [0, 0.05) is 19.0 Å². The Kier molecular flexibility index (Phi) is 4.18. The molecule has 0 aliphatic carbocycles. The highest BCUT2D eigenvalue weighted by Crippen LogP contribution is 2.16. The largest absolute Gasteiger partial charge is 0.334 e. The van der Waals surface area contributed by atoms with E-state index >= 15 is 0 Å². The van der Waals surface area contributed by atoms with E-state index in [0.717, 1.165) is 5.56 Å². The number of nitrogens with zero attached hydrogens (tertiary/aromatic N) is 1. The Labute approximate surface area is 106 Å². The van der Waals surface area contributed by atoms with Crippen LogP contribution >= 0.6 is 0 Å². The van der Waals surface area contributed by atoms with Crippen LogP contribution in [0.1, 0.15) is 51.9 Å². The molecule has 0 saturated carbocycles. The molecule has 0 aromatic heterocycles. The number of benzene rings is 1. The molecule has 0 spiro atoms. The van der Waals surface area contributed by atoms with Crippen LogP contribution in [0, 0.1) is 0 Å². The molecule has 0 radical (unpaired) electrons. The van der Waals surface area contributed by atoms with E-state index in [1.54, 1.807) is 6.92 Å². The molecule has 1 aromatic carbocycles. The first kappa shape index (κ1) is 12.2. The lowest BCUT2D eigenvalue weighted by molar-refractivity contribution is 0.0642. The summed E-state index contributed by atoms with van der Waals surface area (Å²) in [6.07, 6.45) is -0.383. The van der Waals surface area contributed by atoms with Crippen LogP contribution in [0.4, 0.5) is 0 Å². The van der Waals surface area contributed by atoms with Crippen molar-refractivity contribution in [2.24, 2.45) is 0 Å². The zero-order chi connectivity index (χ0) is 13.9. The molecule has 0 fully saturated rings. The Bertz CT molecular complexity index is 405. The number of rotatable bonds is 4. The van der Waals surface area contributed by atoms with Gasteiger partial charge in [-0.1, -0.05) is 25.1 Å². The molecule has 0 saturated heterocycles. The molecule has 1 aromatic rings. The maximum Gasteiger partial charge on any atom is 0.254 e. The van der Waals surface area contributed by atoms with Gasteiger partial charge in [-0.05, 0) is 45.7 Å². The monoisotopic (exact) mass is 234 g/mol. The van der Waals surface area contributed by atoms with Crippen molar-refractivity contribution in [1.29, 1.82) is 0 Å². The van der Waals surface area contributed by atoms with Crippen LogP contribution in [0.25, 0.3) is 0 Å². The topological polar surface area (TPSA) is 20.3 Å². The number of carbonyl (C=O) groups is 1. The fourth-order valence-corrected chi connectivity index (χ4v) is 2.15. The van der Waals surface area contributed by atoms with Gasteiger partial charge in [0.2, 0.25) is 0 Å². The number of aryl methyl sites for hydroxylation is 1. The highest BCUT2D eigenvalue weighted by Gasteiger charge is 2.22. The minimum atomic E-state index is -0.383. The zero-order valence-electron chi connectivity index (χ0n) is 12.4. The maximum atomic E-state index is 12.6. The van der Waals surface area contributed by atoms with Crippen molar-refractivity contribution in [2.75, 3.05) is 0 Å². The van der Waals surface area contributed by atoms with Crippen LogP contribution < -0.4 is 0 Å². The number of carbonyl (C=O) groups excluding carboxylic acids is 1. The van der Waals surface area contributed by atoms with Gasteiger partial charge >= 0.3 is 0 Å². The summed E-state index contributed by atoms with van der Waals surface area (Å²) in [5.41, 5.74) is 1.45. The molecule has 1 atom stereocenters. The predicted octanol–water partition coefficient (Wildman–Crippen LogP) is 3.51. The van der Waals surface area contributed by atoms with Crippen LogP contribution in [0.5, 0.6) is 0 Å². The lowest BCUT2D eigenvalue weighted by Gasteiger charge is -2.31. The standard InChI is InChI=1S/C15H23NO/c1-6-13-9-7-8-10-14(13)15(17)16(11(2)3)12(4)5/h7-12H,6H2,1-5H3/i6D. The smallest absolute Gasteiger partial charge is 0.254 e. The second kappa shape index (κ2) is 5.85. The van der Waals surface area contributed by atoms with Crippen LogP contribution in [0.2, 0.25) is 0 Å². The molecule has 0 aliphatic heterocycles. The Morgan fingerprint density at radius 3 is 2.24 bits per heavy atom. The molecular weight excluding hydrogens is 210 g/mol. The van der Waals surface area contributed by atoms with Crippen LogP contribution in [-0.2, 0) is 6.40 Å². The summed E-state index contributed by atoms with van der Waals surface area (Å²) < 4.78 is 7.84. The fraction of sp³-hybridized carbons (Fsp3) is 0.533. The fourth-order valence-electron chi connectivity index (χ4n) is 2.15. The third-order valence-electron chi connectivity index (χ3n) is 2.85. The average Bonchev–Trinajstić information content (AvgIpc) is 2.27. The third-order valence-corrected chi connectivity index (χ3v) is 2.85. The quantitative estimate of drug-likeness (QED) is 0.780. The van der Waals surface area contributed by atoms with Crippen LogP contribution in [-0.4, -0.2) is 22.9 Å². The SMILES string of the molecule is [2H]C(C)c1ccccc1C(=O)N(C(C)C)C(C)C. The molecule has 94 valence electrons. The second-order valence-electron chi connectivity index (χ2n) is 4.78. The molecule has 0 bridgehead atoms. The molecule has 0 aliphatic rings. The van der Waals surface area contributed by atoms with Gasteiger partial charge in [0.05, 0.1) is 0 Å². The van der Waals surface area contributed by atoms with E-state index in [-0.39, 0.29) is 24.4 Å². The highest BCUT2D eigenvalue weighted by molar-refractivity contribution is 5.96. The third kappa shape index (κ3) is 3.09. The summed E-state index contributed by atoms with van der Waals surface area (Å²) in [4.78, 5) is 14.5. The minimum Gasteiger partial charge on any atom is -0.334 e. The van der Waals surface area contributed by atoms with Crippen molar-refractivity contribution in [3.8, 4) is 0 Å². The van der Waals surface area contributed by atoms with E-state index in [1.807, 2.05) is 56.9 Å². The van der Waals surface area contributed by atoms with Crippen molar-refractivity contribution < 1.29 is 6.17 Å². The maximum absolute atomic E-state index is 12.6. The molecule has 0 N–H and O–H groups in total. The van der Waals surface area contributed by atoms with E-state index in [1.165, 1.54) is 0 Å². The van der Waals surface area contributed by atoms with Crippen molar-refractivity contribution in [3.05, 3.63) is 35.4 Å². The van der Waals surface area contributed by atoms with E-state index in [4.69, 9.17) is 1.37 Å². The first-order valence-corrected chi connectivity index (χ1v) is 6.20. The molecular formula is C15H23NO. The van der Waals surface area contributed by atoms with Gasteiger partial charge in [0.25, 0.3) is 5.91 Å². The van der Waals surface area contributed by atoms with Gasteiger partial charge in [-0.15, -0.1) is 0 Å². The normalized spacial score (nSPS) is 13.7. The Hall–Kier alpha value is -1.31. The van der Waals surface area contributed by atoms with Gasteiger partial charge in [0.15, 0.2) is 0 Å². The summed E-state index contributed by atoms with van der Waals surface area (Å²) in [5, 5.41) is 0. The molecule has 1 rings (SSSR count). The number of hydrogen-bond donors (Lipinski definition) is 0. The highest BCUT2D eigenvalue weighted by atomic mass is 16.2. The van der Waals surface area contributed by atoms with E-state index in [2.05, 4.69) is 0 Å². The Balaban J connectivity index is 3.17. The van der Waals surface area contributed by atoms with Crippen molar-refractivity contribution in [2.45, 2.75) is 53.1 Å². The molecule has 2 heteroatoms. The van der Waals surface area contributed by atoms with Gasteiger partial charge in [-0.25, -0.2) is 0 Å². The van der Waals surface area contributed by atoms with Crippen LogP contribution in [0.3, 0.4) is 0 Å². The van der Waals surface area contributed by atoms with Gasteiger partial charge in [-0.3, -0.25) is 4.79 Å². The first-order chi connectivity index (χ1) is 8.36. The number of hydrogen-bond acceptors (Lipinski definition) is 1. The number of amides is 1. The lowest BCUT2D eigenvalue weighted by atomic mass is 10.0. The Morgan fingerprint density at radius 2 is 1.76 bits per heavy atom. The molecule has 17 heavy (non-hydrogen) atoms. The molecule has 2 nitrogen and oxygen atoms in total. The summed E-state index contributed by atoms with van der Waals surface area (Å²) in [7, 11) is 0. The van der Waals surface area contributed by atoms with Crippen LogP contribution in [0.15, 0.2) is 24.3 Å². The molecule has 1 unspecified atom stereocenters. The van der Waals surface area contributed by atoms with E-state index in [9.17, 15) is 4.79 Å². The van der Waals surface area contributed by atoms with Crippen molar-refractivity contribution >= 4 is 5.91 Å². The molecule has 1 amide bonds. The van der Waals surface area contributed by atoms with Crippen molar-refractivity contribution in [1.82, 2.24) is 4.90 Å². The lowest BCUT2D eigenvalue weighted by Crippen LogP contribution is -2.42.